The third-order valence-electron chi connectivity index (χ3n) is 3.43. The minimum atomic E-state index is -0.337. The monoisotopic (exact) mass is 227 g/mol. The molecule has 5 heteroatoms. The van der Waals surface area contributed by atoms with E-state index in [-0.39, 0.29) is 17.9 Å². The lowest BCUT2D eigenvalue weighted by Crippen LogP contribution is -2.35. The molecule has 1 spiro atoms. The number of guanidine groups is 1. The molecule has 0 aromatic carbocycles. The van der Waals surface area contributed by atoms with Gasteiger partial charge in [-0.2, -0.15) is 0 Å². The van der Waals surface area contributed by atoms with E-state index in [1.54, 1.807) is 0 Å². The summed E-state index contributed by atoms with van der Waals surface area (Å²) < 4.78 is 11.7. The van der Waals surface area contributed by atoms with Crippen LogP contribution in [0.4, 0.5) is 0 Å². The lowest BCUT2D eigenvalue weighted by atomic mass is 9.86. The summed E-state index contributed by atoms with van der Waals surface area (Å²) in [4.78, 5) is 3.97. The van der Waals surface area contributed by atoms with Crippen molar-refractivity contribution in [2.45, 2.75) is 44.5 Å². The van der Waals surface area contributed by atoms with Crippen LogP contribution in [0.1, 0.15) is 32.6 Å². The molecule has 0 aromatic heterocycles. The van der Waals surface area contributed by atoms with Gasteiger partial charge in [0.15, 0.2) is 11.7 Å². The van der Waals surface area contributed by atoms with E-state index in [1.165, 1.54) is 12.8 Å². The molecular formula is C11H21N3O2. The average Bonchev–Trinajstić information content (AvgIpc) is 2.64. The Hall–Kier alpha value is -0.810. The van der Waals surface area contributed by atoms with E-state index in [0.29, 0.717) is 13.2 Å². The number of rotatable bonds is 2. The molecule has 1 aliphatic heterocycles. The molecule has 0 amide bonds. The van der Waals surface area contributed by atoms with Crippen molar-refractivity contribution in [3.63, 3.8) is 0 Å². The predicted molar refractivity (Wildman–Crippen MR) is 61.9 cm³/mol. The SMILES string of the molecule is CC1CCC2(CC1)OC[C@@H](CN=C(N)N)O2. The van der Waals surface area contributed by atoms with Crippen LogP contribution in [0.25, 0.3) is 0 Å². The first-order chi connectivity index (χ1) is 7.60. The smallest absolute Gasteiger partial charge is 0.186 e. The Labute approximate surface area is 96.2 Å². The summed E-state index contributed by atoms with van der Waals surface area (Å²) in [5, 5.41) is 0. The van der Waals surface area contributed by atoms with Gasteiger partial charge in [-0.05, 0) is 18.8 Å². The molecule has 0 radical (unpaired) electrons. The summed E-state index contributed by atoms with van der Waals surface area (Å²) in [5.74, 6) is 0.562. The zero-order valence-corrected chi connectivity index (χ0v) is 9.82. The Morgan fingerprint density at radius 2 is 2.06 bits per heavy atom. The van der Waals surface area contributed by atoms with Crippen LogP contribution in [0, 0.1) is 5.92 Å². The number of hydrogen-bond donors (Lipinski definition) is 2. The summed E-state index contributed by atoms with van der Waals surface area (Å²) >= 11 is 0. The van der Waals surface area contributed by atoms with Gasteiger partial charge in [-0.1, -0.05) is 6.92 Å². The van der Waals surface area contributed by atoms with Gasteiger partial charge in [-0.15, -0.1) is 0 Å². The molecule has 2 fully saturated rings. The maximum atomic E-state index is 5.95. The van der Waals surface area contributed by atoms with Crippen LogP contribution in [0.5, 0.6) is 0 Å². The minimum absolute atomic E-state index is 0.00973. The van der Waals surface area contributed by atoms with Crippen molar-refractivity contribution < 1.29 is 9.47 Å². The van der Waals surface area contributed by atoms with Gasteiger partial charge in [0.05, 0.1) is 13.2 Å². The predicted octanol–water partition coefficient (Wildman–Crippen LogP) is 0.582. The normalized spacial score (nSPS) is 38.8. The first-order valence-corrected chi connectivity index (χ1v) is 5.97. The van der Waals surface area contributed by atoms with Gasteiger partial charge in [0.25, 0.3) is 0 Å². The fourth-order valence-corrected chi connectivity index (χ4v) is 2.38. The molecule has 0 aromatic rings. The summed E-state index contributed by atoms with van der Waals surface area (Å²) in [7, 11) is 0. The van der Waals surface area contributed by atoms with E-state index < -0.39 is 0 Å². The summed E-state index contributed by atoms with van der Waals surface area (Å²) in [5.41, 5.74) is 10.6. The third kappa shape index (κ3) is 2.65. The Morgan fingerprint density at radius 1 is 1.38 bits per heavy atom. The van der Waals surface area contributed by atoms with Crippen molar-refractivity contribution in [3.8, 4) is 0 Å². The highest BCUT2D eigenvalue weighted by molar-refractivity contribution is 5.75. The highest BCUT2D eigenvalue weighted by Gasteiger charge is 2.43. The quantitative estimate of drug-likeness (QED) is 0.534. The fraction of sp³-hybridized carbons (Fsp3) is 0.909. The molecule has 1 saturated carbocycles. The lowest BCUT2D eigenvalue weighted by Gasteiger charge is -2.34. The van der Waals surface area contributed by atoms with E-state index in [4.69, 9.17) is 20.9 Å². The average molecular weight is 227 g/mol. The maximum absolute atomic E-state index is 5.95. The van der Waals surface area contributed by atoms with Crippen molar-refractivity contribution in [2.75, 3.05) is 13.2 Å². The molecule has 1 aliphatic carbocycles. The number of nitrogens with two attached hydrogens (primary N) is 2. The van der Waals surface area contributed by atoms with Crippen LogP contribution in [0.3, 0.4) is 0 Å². The largest absolute Gasteiger partial charge is 0.370 e. The molecule has 16 heavy (non-hydrogen) atoms. The van der Waals surface area contributed by atoms with Crippen LogP contribution >= 0.6 is 0 Å². The van der Waals surface area contributed by atoms with Crippen molar-refractivity contribution >= 4 is 5.96 Å². The van der Waals surface area contributed by atoms with Gasteiger partial charge in [-0.3, -0.25) is 4.99 Å². The summed E-state index contributed by atoms with van der Waals surface area (Å²) in [6.07, 6.45) is 4.35. The van der Waals surface area contributed by atoms with Gasteiger partial charge in [0, 0.05) is 12.8 Å². The van der Waals surface area contributed by atoms with E-state index >= 15 is 0 Å². The summed E-state index contributed by atoms with van der Waals surface area (Å²) in [6.45, 7) is 3.38. The molecule has 1 saturated heterocycles. The molecule has 2 rings (SSSR count). The van der Waals surface area contributed by atoms with E-state index in [1.807, 2.05) is 0 Å². The molecule has 1 heterocycles. The first-order valence-electron chi connectivity index (χ1n) is 5.97. The molecule has 0 unspecified atom stereocenters. The van der Waals surface area contributed by atoms with Gasteiger partial charge < -0.3 is 20.9 Å². The second-order valence-corrected chi connectivity index (χ2v) is 4.91. The van der Waals surface area contributed by atoms with Crippen LogP contribution in [-0.4, -0.2) is 31.0 Å². The van der Waals surface area contributed by atoms with E-state index in [9.17, 15) is 0 Å². The zero-order valence-electron chi connectivity index (χ0n) is 9.82. The highest BCUT2D eigenvalue weighted by atomic mass is 16.7. The van der Waals surface area contributed by atoms with Crippen molar-refractivity contribution in [2.24, 2.45) is 22.4 Å². The van der Waals surface area contributed by atoms with Gasteiger partial charge >= 0.3 is 0 Å². The van der Waals surface area contributed by atoms with E-state index in [2.05, 4.69) is 11.9 Å². The lowest BCUT2D eigenvalue weighted by molar-refractivity contribution is -0.190. The minimum Gasteiger partial charge on any atom is -0.370 e. The van der Waals surface area contributed by atoms with Crippen molar-refractivity contribution in [1.82, 2.24) is 0 Å². The Balaban J connectivity index is 1.85. The molecule has 2 aliphatic rings. The second kappa shape index (κ2) is 4.59. The Bertz CT molecular complexity index is 268. The van der Waals surface area contributed by atoms with Gasteiger partial charge in [-0.25, -0.2) is 0 Å². The number of aliphatic imine (C=N–C) groups is 1. The maximum Gasteiger partial charge on any atom is 0.186 e. The van der Waals surface area contributed by atoms with Crippen molar-refractivity contribution in [3.05, 3.63) is 0 Å². The highest BCUT2D eigenvalue weighted by Crippen LogP contribution is 2.39. The molecule has 92 valence electrons. The van der Waals surface area contributed by atoms with Crippen LogP contribution in [-0.2, 0) is 9.47 Å². The fourth-order valence-electron chi connectivity index (χ4n) is 2.38. The molecule has 5 nitrogen and oxygen atoms in total. The molecule has 4 N–H and O–H groups in total. The van der Waals surface area contributed by atoms with Crippen LogP contribution in [0.2, 0.25) is 0 Å². The molecule has 1 atom stereocenters. The number of hydrogen-bond acceptors (Lipinski definition) is 3. The van der Waals surface area contributed by atoms with Gasteiger partial charge in [0.1, 0.15) is 6.10 Å². The molecular weight excluding hydrogens is 206 g/mol. The van der Waals surface area contributed by atoms with Crippen molar-refractivity contribution in [1.29, 1.82) is 0 Å². The number of ether oxygens (including phenoxy) is 2. The summed E-state index contributed by atoms with van der Waals surface area (Å²) in [6, 6.07) is 0. The first kappa shape index (κ1) is 11.7. The standard InChI is InChI=1S/C11H21N3O2/c1-8-2-4-11(5-3-8)15-7-9(16-11)6-14-10(12)13/h8-9H,2-7H2,1H3,(H4,12,13,14)/t8?,9-,11?/m1/s1. The van der Waals surface area contributed by atoms with Crippen LogP contribution < -0.4 is 11.5 Å². The van der Waals surface area contributed by atoms with E-state index in [0.717, 1.165) is 18.8 Å². The number of nitrogens with zero attached hydrogens (tertiary/aromatic N) is 1. The second-order valence-electron chi connectivity index (χ2n) is 4.91. The molecule has 0 bridgehead atoms. The zero-order chi connectivity index (χ0) is 11.6. The Kier molecular flexibility index (Phi) is 3.35. The van der Waals surface area contributed by atoms with Crippen LogP contribution in [0.15, 0.2) is 4.99 Å². The third-order valence-corrected chi connectivity index (χ3v) is 3.43. The Morgan fingerprint density at radius 3 is 2.69 bits per heavy atom. The van der Waals surface area contributed by atoms with Gasteiger partial charge in [0.2, 0.25) is 0 Å². The topological polar surface area (TPSA) is 82.9 Å².